The number of carbonyl (C=O) groups excluding carboxylic acids is 2. The van der Waals surface area contributed by atoms with Crippen LogP contribution in [0.3, 0.4) is 0 Å². The molecule has 8 heteroatoms. The van der Waals surface area contributed by atoms with Crippen molar-refractivity contribution in [2.75, 3.05) is 18.6 Å². The van der Waals surface area contributed by atoms with Crippen molar-refractivity contribution in [2.45, 2.75) is 51.7 Å². The van der Waals surface area contributed by atoms with Crippen LogP contribution in [0.2, 0.25) is 0 Å². The minimum atomic E-state index is -3.07. The number of likely N-dealkylation sites (N-methyl/N-ethyl adjacent to an activating group) is 1. The number of hydrogen-bond donors (Lipinski definition) is 0. The maximum Gasteiger partial charge on any atom is 0.349 e. The van der Waals surface area contributed by atoms with Gasteiger partial charge in [0.1, 0.15) is 4.88 Å². The third kappa shape index (κ3) is 4.11. The fourth-order valence-electron chi connectivity index (χ4n) is 3.62. The van der Waals surface area contributed by atoms with Gasteiger partial charge in [-0.2, -0.15) is 0 Å². The predicted octanol–water partition coefficient (Wildman–Crippen LogP) is 2.06. The highest BCUT2D eigenvalue weighted by Crippen LogP contribution is 2.32. The molecule has 6 nitrogen and oxygen atoms in total. The van der Waals surface area contributed by atoms with Crippen LogP contribution in [0.4, 0.5) is 0 Å². The Bertz CT molecular complexity index is 814. The van der Waals surface area contributed by atoms with E-state index < -0.39 is 21.9 Å². The molecular formula is C18H25NO5S2. The summed E-state index contributed by atoms with van der Waals surface area (Å²) in [5.41, 5.74) is 1.22. The third-order valence-corrected chi connectivity index (χ3v) is 8.23. The maximum atomic E-state index is 12.5. The van der Waals surface area contributed by atoms with E-state index in [-0.39, 0.29) is 23.5 Å². The molecule has 1 aliphatic carbocycles. The van der Waals surface area contributed by atoms with Crippen molar-refractivity contribution in [1.82, 2.24) is 4.90 Å². The summed E-state index contributed by atoms with van der Waals surface area (Å²) >= 11 is 1.45. The molecule has 0 N–H and O–H groups in total. The zero-order valence-corrected chi connectivity index (χ0v) is 17.0. The zero-order valence-electron chi connectivity index (χ0n) is 15.4. The Kier molecular flexibility index (Phi) is 5.44. The van der Waals surface area contributed by atoms with E-state index in [9.17, 15) is 18.0 Å². The summed E-state index contributed by atoms with van der Waals surface area (Å²) in [4.78, 5) is 28.1. The summed E-state index contributed by atoms with van der Waals surface area (Å²) in [6.07, 6.45) is 2.59. The van der Waals surface area contributed by atoms with Gasteiger partial charge in [-0.05, 0) is 50.2 Å². The van der Waals surface area contributed by atoms with Crippen LogP contribution < -0.4 is 0 Å². The SMILES string of the molecule is C[C@H]1CCc2sc(C(=O)O[C@H](C)C(=O)N(C)[C@@H]3CCS(=O)(=O)C3)cc2C1. The van der Waals surface area contributed by atoms with Gasteiger partial charge in [-0.15, -0.1) is 11.3 Å². The van der Waals surface area contributed by atoms with Gasteiger partial charge in [-0.25, -0.2) is 13.2 Å². The highest BCUT2D eigenvalue weighted by molar-refractivity contribution is 7.91. The number of aryl methyl sites for hydroxylation is 1. The van der Waals surface area contributed by atoms with Crippen molar-refractivity contribution in [3.05, 3.63) is 21.4 Å². The highest BCUT2D eigenvalue weighted by Gasteiger charge is 2.35. The van der Waals surface area contributed by atoms with Crippen LogP contribution in [-0.2, 0) is 32.2 Å². The van der Waals surface area contributed by atoms with Crippen LogP contribution in [0.5, 0.6) is 0 Å². The summed E-state index contributed by atoms with van der Waals surface area (Å²) in [7, 11) is -1.50. The quantitative estimate of drug-likeness (QED) is 0.724. The first-order valence-electron chi connectivity index (χ1n) is 8.96. The van der Waals surface area contributed by atoms with Gasteiger partial charge in [0.15, 0.2) is 15.9 Å². The number of esters is 1. The second-order valence-corrected chi connectivity index (χ2v) is 10.8. The Morgan fingerprint density at radius 1 is 1.35 bits per heavy atom. The number of thiophene rings is 1. The first-order valence-corrected chi connectivity index (χ1v) is 11.6. The summed E-state index contributed by atoms with van der Waals surface area (Å²) in [5.74, 6) is -0.146. The van der Waals surface area contributed by atoms with Crippen molar-refractivity contribution in [2.24, 2.45) is 5.92 Å². The number of ether oxygens (including phenoxy) is 1. The van der Waals surface area contributed by atoms with Crippen LogP contribution in [0.25, 0.3) is 0 Å². The average Bonchev–Trinajstić information content (AvgIpc) is 3.15. The topological polar surface area (TPSA) is 80.8 Å². The molecular weight excluding hydrogens is 374 g/mol. The molecule has 0 bridgehead atoms. The lowest BCUT2D eigenvalue weighted by Gasteiger charge is -2.26. The number of carbonyl (C=O) groups is 2. The van der Waals surface area contributed by atoms with Crippen molar-refractivity contribution in [1.29, 1.82) is 0 Å². The summed E-state index contributed by atoms with van der Waals surface area (Å²) < 4.78 is 28.6. The molecule has 144 valence electrons. The number of sulfone groups is 1. The molecule has 26 heavy (non-hydrogen) atoms. The molecule has 0 saturated carbocycles. The van der Waals surface area contributed by atoms with Crippen molar-refractivity contribution < 1.29 is 22.7 Å². The molecule has 0 aromatic carbocycles. The van der Waals surface area contributed by atoms with Gasteiger partial charge in [-0.3, -0.25) is 4.79 Å². The Balaban J connectivity index is 1.61. The van der Waals surface area contributed by atoms with E-state index in [0.717, 1.165) is 19.3 Å². The first kappa shape index (κ1) is 19.4. The molecule has 0 spiro atoms. The van der Waals surface area contributed by atoms with E-state index >= 15 is 0 Å². The van der Waals surface area contributed by atoms with E-state index in [2.05, 4.69) is 6.92 Å². The lowest BCUT2D eigenvalue weighted by molar-refractivity contribution is -0.140. The molecule has 1 aromatic heterocycles. The van der Waals surface area contributed by atoms with Crippen LogP contribution in [0.15, 0.2) is 6.07 Å². The minimum Gasteiger partial charge on any atom is -0.448 e. The molecule has 2 aliphatic rings. The van der Waals surface area contributed by atoms with Gasteiger partial charge < -0.3 is 9.64 Å². The lowest BCUT2D eigenvalue weighted by atomic mass is 9.90. The first-order chi connectivity index (χ1) is 12.2. The molecule has 1 aliphatic heterocycles. The van der Waals surface area contributed by atoms with Gasteiger partial charge in [-0.1, -0.05) is 6.92 Å². The van der Waals surface area contributed by atoms with Crippen LogP contribution in [0, 0.1) is 5.92 Å². The van der Waals surface area contributed by atoms with Gasteiger partial charge in [0.2, 0.25) is 0 Å². The largest absolute Gasteiger partial charge is 0.448 e. The standard InChI is InChI=1S/C18H25NO5S2/c1-11-4-5-15-13(8-11)9-16(25-15)18(21)24-12(2)17(20)19(3)14-6-7-26(22,23)10-14/h9,11-12,14H,4-8,10H2,1-3H3/t11-,12+,14+/m0/s1. The smallest absolute Gasteiger partial charge is 0.349 e. The van der Waals surface area contributed by atoms with E-state index in [0.29, 0.717) is 17.2 Å². The van der Waals surface area contributed by atoms with E-state index in [1.54, 1.807) is 7.05 Å². The molecule has 1 amide bonds. The fraction of sp³-hybridized carbons (Fsp3) is 0.667. The number of nitrogens with zero attached hydrogens (tertiary/aromatic N) is 1. The molecule has 1 fully saturated rings. The van der Waals surface area contributed by atoms with Crippen molar-refractivity contribution in [3.8, 4) is 0 Å². The minimum absolute atomic E-state index is 0.0221. The van der Waals surface area contributed by atoms with Crippen LogP contribution >= 0.6 is 11.3 Å². The van der Waals surface area contributed by atoms with Gasteiger partial charge in [0, 0.05) is 18.0 Å². The molecule has 3 rings (SSSR count). The Hall–Kier alpha value is -1.41. The Morgan fingerprint density at radius 2 is 2.08 bits per heavy atom. The fourth-order valence-corrected chi connectivity index (χ4v) is 6.49. The maximum absolute atomic E-state index is 12.5. The Morgan fingerprint density at radius 3 is 2.73 bits per heavy atom. The Labute approximate surface area is 158 Å². The molecule has 1 saturated heterocycles. The molecule has 3 atom stereocenters. The summed E-state index contributed by atoms with van der Waals surface area (Å²) in [6.45, 7) is 3.74. The van der Waals surface area contributed by atoms with Gasteiger partial charge >= 0.3 is 5.97 Å². The van der Waals surface area contributed by atoms with E-state index in [1.807, 2.05) is 6.07 Å². The van der Waals surface area contributed by atoms with E-state index in [1.165, 1.54) is 33.6 Å². The molecule has 0 unspecified atom stereocenters. The number of hydrogen-bond acceptors (Lipinski definition) is 6. The summed E-state index contributed by atoms with van der Waals surface area (Å²) in [5, 5.41) is 0. The number of rotatable bonds is 4. The second-order valence-electron chi connectivity index (χ2n) is 7.46. The molecule has 0 radical (unpaired) electrons. The van der Waals surface area contributed by atoms with Crippen molar-refractivity contribution in [3.63, 3.8) is 0 Å². The molecule has 1 aromatic rings. The highest BCUT2D eigenvalue weighted by atomic mass is 32.2. The predicted molar refractivity (Wildman–Crippen MR) is 100 cm³/mol. The third-order valence-electron chi connectivity index (χ3n) is 5.27. The summed E-state index contributed by atoms with van der Waals surface area (Å²) in [6, 6.07) is 1.55. The van der Waals surface area contributed by atoms with Crippen LogP contribution in [-0.4, -0.2) is 55.9 Å². The van der Waals surface area contributed by atoms with Gasteiger partial charge in [0.25, 0.3) is 5.91 Å². The van der Waals surface area contributed by atoms with Crippen LogP contribution in [0.1, 0.15) is 46.8 Å². The van der Waals surface area contributed by atoms with E-state index in [4.69, 9.17) is 4.74 Å². The number of amides is 1. The van der Waals surface area contributed by atoms with Gasteiger partial charge in [0.05, 0.1) is 11.5 Å². The second kappa shape index (κ2) is 7.31. The normalized spacial score (nSPS) is 25.3. The molecule has 2 heterocycles. The lowest BCUT2D eigenvalue weighted by Crippen LogP contribution is -2.44. The zero-order chi connectivity index (χ0) is 19.1. The average molecular weight is 400 g/mol. The number of fused-ring (bicyclic) bond motifs is 1. The monoisotopic (exact) mass is 399 g/mol. The van der Waals surface area contributed by atoms with Crippen molar-refractivity contribution >= 4 is 33.1 Å².